The van der Waals surface area contributed by atoms with Gasteiger partial charge < -0.3 is 10.3 Å². The Balaban J connectivity index is 2.27. The Morgan fingerprint density at radius 2 is 1.83 bits per heavy atom. The predicted octanol–water partition coefficient (Wildman–Crippen LogP) is 1.91. The van der Waals surface area contributed by atoms with Gasteiger partial charge >= 0.3 is 0 Å². The van der Waals surface area contributed by atoms with Crippen molar-refractivity contribution in [2.24, 2.45) is 0 Å². The average molecular weight is 250 g/mol. The van der Waals surface area contributed by atoms with E-state index >= 15 is 0 Å². The molecule has 1 aromatic carbocycles. The number of benzene rings is 1. The van der Waals surface area contributed by atoms with Crippen LogP contribution in [0.2, 0.25) is 0 Å². The lowest BCUT2D eigenvalue weighted by molar-refractivity contribution is 0.102. The lowest BCUT2D eigenvalue weighted by Crippen LogP contribution is -2.20. The molecule has 0 saturated carbocycles. The summed E-state index contributed by atoms with van der Waals surface area (Å²) in [4.78, 5) is 25.6. The maximum Gasteiger partial charge on any atom is 0.261 e. The standard InChI is InChI=1S/C12H8F2N2O2/c13-7-3-8(14)5-9(4-7)16-12(18)10-6-15-2-1-11(10)17/h1-6H,(H,15,17)(H,16,18). The fourth-order valence-corrected chi connectivity index (χ4v) is 1.42. The molecule has 0 unspecified atom stereocenters. The number of halogens is 2. The molecule has 0 radical (unpaired) electrons. The van der Waals surface area contributed by atoms with Gasteiger partial charge in [0.15, 0.2) is 5.43 Å². The van der Waals surface area contributed by atoms with Crippen molar-refractivity contribution in [3.05, 3.63) is 64.1 Å². The van der Waals surface area contributed by atoms with Crippen LogP contribution in [0.4, 0.5) is 14.5 Å². The van der Waals surface area contributed by atoms with Crippen LogP contribution in [0.1, 0.15) is 10.4 Å². The van der Waals surface area contributed by atoms with E-state index in [0.29, 0.717) is 6.07 Å². The maximum atomic E-state index is 12.9. The quantitative estimate of drug-likeness (QED) is 0.855. The predicted molar refractivity (Wildman–Crippen MR) is 61.4 cm³/mol. The van der Waals surface area contributed by atoms with Crippen LogP contribution in [0.3, 0.4) is 0 Å². The highest BCUT2D eigenvalue weighted by Crippen LogP contribution is 2.13. The van der Waals surface area contributed by atoms with Gasteiger partial charge in [-0.25, -0.2) is 8.78 Å². The number of aromatic amines is 1. The van der Waals surface area contributed by atoms with Crippen molar-refractivity contribution in [3.63, 3.8) is 0 Å². The van der Waals surface area contributed by atoms with Crippen LogP contribution in [0.15, 0.2) is 41.5 Å². The molecule has 1 amide bonds. The second kappa shape index (κ2) is 4.79. The molecule has 1 aromatic heterocycles. The first kappa shape index (κ1) is 12.0. The van der Waals surface area contributed by atoms with Crippen LogP contribution in [-0.2, 0) is 0 Å². The summed E-state index contributed by atoms with van der Waals surface area (Å²) in [5.74, 6) is -2.36. The van der Waals surface area contributed by atoms with E-state index in [-0.39, 0.29) is 11.3 Å². The Labute approximate surface area is 100 Å². The molecule has 0 spiro atoms. The summed E-state index contributed by atoms with van der Waals surface area (Å²) < 4.78 is 25.8. The molecule has 92 valence electrons. The Morgan fingerprint density at radius 1 is 1.17 bits per heavy atom. The first-order valence-corrected chi connectivity index (χ1v) is 5.01. The second-order valence-electron chi connectivity index (χ2n) is 3.53. The third-order valence-corrected chi connectivity index (χ3v) is 2.19. The Hall–Kier alpha value is -2.50. The van der Waals surface area contributed by atoms with Gasteiger partial charge in [0, 0.05) is 30.2 Å². The third-order valence-electron chi connectivity index (χ3n) is 2.19. The molecule has 6 heteroatoms. The zero-order valence-corrected chi connectivity index (χ0v) is 9.04. The number of rotatable bonds is 2. The van der Waals surface area contributed by atoms with Gasteiger partial charge in [-0.1, -0.05) is 0 Å². The fraction of sp³-hybridized carbons (Fsp3) is 0. The van der Waals surface area contributed by atoms with E-state index in [2.05, 4.69) is 10.3 Å². The van der Waals surface area contributed by atoms with E-state index in [1.54, 1.807) is 0 Å². The number of aromatic nitrogens is 1. The second-order valence-corrected chi connectivity index (χ2v) is 3.53. The smallest absolute Gasteiger partial charge is 0.261 e. The molecule has 4 nitrogen and oxygen atoms in total. The molecule has 0 aliphatic rings. The number of anilines is 1. The molecule has 0 atom stereocenters. The number of amides is 1. The van der Waals surface area contributed by atoms with E-state index in [1.165, 1.54) is 18.5 Å². The molecule has 0 saturated heterocycles. The summed E-state index contributed by atoms with van der Waals surface area (Å²) >= 11 is 0. The molecule has 2 rings (SSSR count). The highest BCUT2D eigenvalue weighted by atomic mass is 19.1. The van der Waals surface area contributed by atoms with Crippen LogP contribution >= 0.6 is 0 Å². The van der Waals surface area contributed by atoms with Crippen LogP contribution < -0.4 is 10.7 Å². The van der Waals surface area contributed by atoms with Gasteiger partial charge in [-0.3, -0.25) is 9.59 Å². The maximum absolute atomic E-state index is 12.9. The molecule has 0 aliphatic heterocycles. The Kier molecular flexibility index (Phi) is 3.18. The zero-order chi connectivity index (χ0) is 13.1. The van der Waals surface area contributed by atoms with Crippen molar-refractivity contribution in [1.29, 1.82) is 0 Å². The Bertz CT molecular complexity index is 632. The van der Waals surface area contributed by atoms with Crippen LogP contribution in [0.5, 0.6) is 0 Å². The third kappa shape index (κ3) is 2.60. The van der Waals surface area contributed by atoms with E-state index < -0.39 is 23.0 Å². The van der Waals surface area contributed by atoms with Crippen LogP contribution in [0, 0.1) is 11.6 Å². The molecule has 0 bridgehead atoms. The van der Waals surface area contributed by atoms with Gasteiger partial charge in [-0.15, -0.1) is 0 Å². The summed E-state index contributed by atoms with van der Waals surface area (Å²) in [6.07, 6.45) is 2.59. The zero-order valence-electron chi connectivity index (χ0n) is 9.04. The van der Waals surface area contributed by atoms with Gasteiger partial charge in [0.2, 0.25) is 0 Å². The highest BCUT2D eigenvalue weighted by Gasteiger charge is 2.10. The van der Waals surface area contributed by atoms with Crippen molar-refractivity contribution in [2.45, 2.75) is 0 Å². The van der Waals surface area contributed by atoms with E-state index in [9.17, 15) is 18.4 Å². The molecule has 2 N–H and O–H groups in total. The highest BCUT2D eigenvalue weighted by molar-refractivity contribution is 6.03. The topological polar surface area (TPSA) is 62.0 Å². The minimum Gasteiger partial charge on any atom is -0.367 e. The number of hydrogen-bond acceptors (Lipinski definition) is 2. The van der Waals surface area contributed by atoms with E-state index in [0.717, 1.165) is 12.1 Å². The molecule has 1 heterocycles. The fourth-order valence-electron chi connectivity index (χ4n) is 1.42. The normalized spacial score (nSPS) is 10.1. The minimum atomic E-state index is -0.813. The number of hydrogen-bond donors (Lipinski definition) is 2. The van der Waals surface area contributed by atoms with Gasteiger partial charge in [0.25, 0.3) is 5.91 Å². The van der Waals surface area contributed by atoms with Crippen LogP contribution in [-0.4, -0.2) is 10.9 Å². The van der Waals surface area contributed by atoms with E-state index in [1.807, 2.05) is 0 Å². The van der Waals surface area contributed by atoms with Crippen molar-refractivity contribution in [2.75, 3.05) is 5.32 Å². The molecule has 0 fully saturated rings. The van der Waals surface area contributed by atoms with Crippen LogP contribution in [0.25, 0.3) is 0 Å². The van der Waals surface area contributed by atoms with Crippen molar-refractivity contribution < 1.29 is 13.6 Å². The summed E-state index contributed by atoms with van der Waals surface area (Å²) in [5, 5.41) is 2.24. The van der Waals surface area contributed by atoms with Gasteiger partial charge in [-0.05, 0) is 12.1 Å². The number of carbonyl (C=O) groups is 1. The van der Waals surface area contributed by atoms with Gasteiger partial charge in [-0.2, -0.15) is 0 Å². The number of nitrogens with one attached hydrogen (secondary N) is 2. The lowest BCUT2D eigenvalue weighted by atomic mass is 10.2. The van der Waals surface area contributed by atoms with Crippen molar-refractivity contribution in [3.8, 4) is 0 Å². The SMILES string of the molecule is O=C(Nc1cc(F)cc(F)c1)c1c[nH]ccc1=O. The summed E-state index contributed by atoms with van der Waals surface area (Å²) in [6.45, 7) is 0. The average Bonchev–Trinajstić information content (AvgIpc) is 2.27. The number of pyridine rings is 1. The Morgan fingerprint density at radius 3 is 2.44 bits per heavy atom. The molecule has 0 aliphatic carbocycles. The summed E-state index contributed by atoms with van der Waals surface area (Å²) in [5.41, 5.74) is -0.675. The van der Waals surface area contributed by atoms with Gasteiger partial charge in [0.1, 0.15) is 17.2 Å². The molecule has 18 heavy (non-hydrogen) atoms. The molecular weight excluding hydrogens is 242 g/mol. The first-order chi connectivity index (χ1) is 8.56. The van der Waals surface area contributed by atoms with E-state index in [4.69, 9.17) is 0 Å². The largest absolute Gasteiger partial charge is 0.367 e. The number of carbonyl (C=O) groups excluding carboxylic acids is 1. The van der Waals surface area contributed by atoms with Gasteiger partial charge in [0.05, 0.1) is 0 Å². The van der Waals surface area contributed by atoms with Crippen molar-refractivity contribution in [1.82, 2.24) is 4.98 Å². The summed E-state index contributed by atoms with van der Waals surface area (Å²) in [7, 11) is 0. The molecular formula is C12H8F2N2O2. The molecule has 2 aromatic rings. The number of H-pyrrole nitrogens is 1. The summed E-state index contributed by atoms with van der Waals surface area (Å²) in [6, 6.07) is 3.78. The van der Waals surface area contributed by atoms with Crippen molar-refractivity contribution >= 4 is 11.6 Å². The first-order valence-electron chi connectivity index (χ1n) is 5.01. The lowest BCUT2D eigenvalue weighted by Gasteiger charge is -2.04. The minimum absolute atomic E-state index is 0.0549. The monoisotopic (exact) mass is 250 g/mol.